The zero-order chi connectivity index (χ0) is 8.97. The summed E-state index contributed by atoms with van der Waals surface area (Å²) >= 11 is 0. The molecule has 0 saturated heterocycles. The summed E-state index contributed by atoms with van der Waals surface area (Å²) in [6.45, 7) is 5.93. The van der Waals surface area contributed by atoms with Gasteiger partial charge in [0, 0.05) is 6.54 Å². The number of hydrogen-bond donors (Lipinski definition) is 2. The van der Waals surface area contributed by atoms with Crippen LogP contribution in [0.25, 0.3) is 0 Å². The van der Waals surface area contributed by atoms with Crippen LogP contribution < -0.4 is 5.32 Å². The topological polar surface area (TPSA) is 32.3 Å². The Bertz CT molecular complexity index is 121. The molecule has 72 valence electrons. The molecular weight excluding hydrogens is 150 g/mol. The lowest BCUT2D eigenvalue weighted by Gasteiger charge is -2.14. The number of hydrogen-bond acceptors (Lipinski definition) is 2. The first-order chi connectivity index (χ1) is 5.70. The smallest absolute Gasteiger partial charge is 0.0687 e. The molecule has 0 amide bonds. The normalized spacial score (nSPS) is 20.0. The fourth-order valence-corrected chi connectivity index (χ4v) is 1.20. The zero-order valence-electron chi connectivity index (χ0n) is 8.21. The van der Waals surface area contributed by atoms with Gasteiger partial charge >= 0.3 is 0 Å². The van der Waals surface area contributed by atoms with Crippen molar-refractivity contribution in [2.24, 2.45) is 11.8 Å². The van der Waals surface area contributed by atoms with E-state index in [1.54, 1.807) is 0 Å². The van der Waals surface area contributed by atoms with Crippen LogP contribution in [0.3, 0.4) is 0 Å². The van der Waals surface area contributed by atoms with E-state index in [2.05, 4.69) is 5.32 Å². The predicted molar refractivity (Wildman–Crippen MR) is 51.1 cm³/mol. The molecule has 2 heteroatoms. The maximum Gasteiger partial charge on any atom is 0.0687 e. The molecule has 2 nitrogen and oxygen atoms in total. The SMILES string of the molecule is CC(C)C(O)CNCCC1CC1. The van der Waals surface area contributed by atoms with Crippen LogP contribution in [-0.2, 0) is 0 Å². The molecule has 1 aliphatic carbocycles. The number of aliphatic hydroxyl groups is 1. The molecule has 0 aromatic carbocycles. The average Bonchev–Trinajstić information content (AvgIpc) is 2.80. The summed E-state index contributed by atoms with van der Waals surface area (Å²) in [6.07, 6.45) is 3.97. The molecule has 0 aliphatic heterocycles. The number of rotatable bonds is 6. The lowest BCUT2D eigenvalue weighted by Crippen LogP contribution is -2.31. The molecule has 1 rings (SSSR count). The third-order valence-corrected chi connectivity index (χ3v) is 2.55. The van der Waals surface area contributed by atoms with Crippen molar-refractivity contribution in [1.82, 2.24) is 5.32 Å². The van der Waals surface area contributed by atoms with E-state index in [1.165, 1.54) is 19.3 Å². The molecule has 0 bridgehead atoms. The fourth-order valence-electron chi connectivity index (χ4n) is 1.20. The first kappa shape index (κ1) is 10.0. The largest absolute Gasteiger partial charge is 0.392 e. The lowest BCUT2D eigenvalue weighted by atomic mass is 10.1. The number of nitrogens with one attached hydrogen (secondary N) is 1. The summed E-state index contributed by atoms with van der Waals surface area (Å²) < 4.78 is 0. The van der Waals surface area contributed by atoms with Crippen LogP contribution in [0.5, 0.6) is 0 Å². The molecule has 0 radical (unpaired) electrons. The van der Waals surface area contributed by atoms with Crippen LogP contribution in [0.1, 0.15) is 33.1 Å². The maximum atomic E-state index is 9.44. The van der Waals surface area contributed by atoms with Gasteiger partial charge in [-0.2, -0.15) is 0 Å². The van der Waals surface area contributed by atoms with Crippen molar-refractivity contribution < 1.29 is 5.11 Å². The Morgan fingerprint density at radius 3 is 2.58 bits per heavy atom. The standard InChI is InChI=1S/C10H21NO/c1-8(2)10(12)7-11-6-5-9-3-4-9/h8-12H,3-7H2,1-2H3. The van der Waals surface area contributed by atoms with E-state index in [1.807, 2.05) is 13.8 Å². The third kappa shape index (κ3) is 4.07. The average molecular weight is 171 g/mol. The van der Waals surface area contributed by atoms with Crippen LogP contribution in [0.4, 0.5) is 0 Å². The van der Waals surface area contributed by atoms with Gasteiger partial charge in [-0.1, -0.05) is 26.7 Å². The van der Waals surface area contributed by atoms with Crippen LogP contribution in [-0.4, -0.2) is 24.3 Å². The monoisotopic (exact) mass is 171 g/mol. The zero-order valence-corrected chi connectivity index (χ0v) is 8.21. The Balaban J connectivity index is 1.86. The highest BCUT2D eigenvalue weighted by atomic mass is 16.3. The Kier molecular flexibility index (Phi) is 4.02. The van der Waals surface area contributed by atoms with Crippen LogP contribution >= 0.6 is 0 Å². The molecule has 1 unspecified atom stereocenters. The highest BCUT2D eigenvalue weighted by Gasteiger charge is 2.20. The van der Waals surface area contributed by atoms with E-state index >= 15 is 0 Å². The van der Waals surface area contributed by atoms with Crippen molar-refractivity contribution in [2.75, 3.05) is 13.1 Å². The molecule has 1 saturated carbocycles. The first-order valence-electron chi connectivity index (χ1n) is 5.09. The van der Waals surface area contributed by atoms with E-state index in [-0.39, 0.29) is 6.10 Å². The molecule has 0 spiro atoms. The van der Waals surface area contributed by atoms with Gasteiger partial charge in [0.15, 0.2) is 0 Å². The highest BCUT2D eigenvalue weighted by Crippen LogP contribution is 2.31. The Hall–Kier alpha value is -0.0800. The molecule has 0 aromatic heterocycles. The fraction of sp³-hybridized carbons (Fsp3) is 1.00. The van der Waals surface area contributed by atoms with Crippen molar-refractivity contribution in [3.05, 3.63) is 0 Å². The molecule has 12 heavy (non-hydrogen) atoms. The van der Waals surface area contributed by atoms with Crippen molar-refractivity contribution >= 4 is 0 Å². The maximum absolute atomic E-state index is 9.44. The second-order valence-electron chi connectivity index (χ2n) is 4.25. The van der Waals surface area contributed by atoms with Gasteiger partial charge in [0.05, 0.1) is 6.10 Å². The van der Waals surface area contributed by atoms with Crippen molar-refractivity contribution in [3.8, 4) is 0 Å². The Morgan fingerprint density at radius 1 is 1.42 bits per heavy atom. The minimum atomic E-state index is -0.177. The molecule has 1 fully saturated rings. The summed E-state index contributed by atoms with van der Waals surface area (Å²) in [5.41, 5.74) is 0. The number of aliphatic hydroxyl groups excluding tert-OH is 1. The second kappa shape index (κ2) is 4.83. The summed E-state index contributed by atoms with van der Waals surface area (Å²) in [5, 5.41) is 12.7. The van der Waals surface area contributed by atoms with Crippen molar-refractivity contribution in [3.63, 3.8) is 0 Å². The van der Waals surface area contributed by atoms with Gasteiger partial charge in [-0.05, 0) is 24.8 Å². The molecule has 1 atom stereocenters. The van der Waals surface area contributed by atoms with Gasteiger partial charge in [-0.15, -0.1) is 0 Å². The summed E-state index contributed by atoms with van der Waals surface area (Å²) in [4.78, 5) is 0. The minimum absolute atomic E-state index is 0.177. The lowest BCUT2D eigenvalue weighted by molar-refractivity contribution is 0.123. The van der Waals surface area contributed by atoms with Crippen LogP contribution in [0.2, 0.25) is 0 Å². The Morgan fingerprint density at radius 2 is 2.08 bits per heavy atom. The third-order valence-electron chi connectivity index (χ3n) is 2.55. The predicted octanol–water partition coefficient (Wildman–Crippen LogP) is 1.39. The van der Waals surface area contributed by atoms with E-state index in [0.29, 0.717) is 5.92 Å². The van der Waals surface area contributed by atoms with Crippen LogP contribution in [0, 0.1) is 11.8 Å². The van der Waals surface area contributed by atoms with E-state index in [0.717, 1.165) is 19.0 Å². The summed E-state index contributed by atoms with van der Waals surface area (Å²) in [7, 11) is 0. The summed E-state index contributed by atoms with van der Waals surface area (Å²) in [5.74, 6) is 1.37. The molecule has 0 heterocycles. The van der Waals surface area contributed by atoms with E-state index in [4.69, 9.17) is 0 Å². The Labute approximate surface area is 75.4 Å². The van der Waals surface area contributed by atoms with E-state index in [9.17, 15) is 5.11 Å². The molecule has 1 aliphatic rings. The van der Waals surface area contributed by atoms with Crippen molar-refractivity contribution in [1.29, 1.82) is 0 Å². The van der Waals surface area contributed by atoms with Gasteiger partial charge in [-0.3, -0.25) is 0 Å². The first-order valence-corrected chi connectivity index (χ1v) is 5.09. The van der Waals surface area contributed by atoms with Gasteiger partial charge < -0.3 is 10.4 Å². The summed E-state index contributed by atoms with van der Waals surface area (Å²) in [6, 6.07) is 0. The quantitative estimate of drug-likeness (QED) is 0.592. The van der Waals surface area contributed by atoms with Gasteiger partial charge in [0.2, 0.25) is 0 Å². The minimum Gasteiger partial charge on any atom is -0.392 e. The van der Waals surface area contributed by atoms with Gasteiger partial charge in [0.25, 0.3) is 0 Å². The van der Waals surface area contributed by atoms with Crippen LogP contribution in [0.15, 0.2) is 0 Å². The molecular formula is C10H21NO. The van der Waals surface area contributed by atoms with Gasteiger partial charge in [0.1, 0.15) is 0 Å². The second-order valence-corrected chi connectivity index (χ2v) is 4.25. The van der Waals surface area contributed by atoms with E-state index < -0.39 is 0 Å². The van der Waals surface area contributed by atoms with Gasteiger partial charge in [-0.25, -0.2) is 0 Å². The molecule has 0 aromatic rings. The molecule has 2 N–H and O–H groups in total. The van der Waals surface area contributed by atoms with Crippen molar-refractivity contribution in [2.45, 2.75) is 39.2 Å². The highest BCUT2D eigenvalue weighted by molar-refractivity contribution is 4.74.